The molecule has 0 radical (unpaired) electrons. The summed E-state index contributed by atoms with van der Waals surface area (Å²) in [4.78, 5) is 16.9. The van der Waals surface area contributed by atoms with Crippen molar-refractivity contribution in [1.82, 2.24) is 10.2 Å². The number of nitrogens with zero attached hydrogens (tertiary/aromatic N) is 1. The van der Waals surface area contributed by atoms with E-state index in [1.165, 1.54) is 4.88 Å². The van der Waals surface area contributed by atoms with Gasteiger partial charge in [0.2, 0.25) is 0 Å². The van der Waals surface area contributed by atoms with Gasteiger partial charge in [-0.05, 0) is 25.0 Å². The highest BCUT2D eigenvalue weighted by Gasteiger charge is 2.31. The molecule has 3 rings (SSSR count). The normalized spacial score (nSPS) is 23.8. The lowest BCUT2D eigenvalue weighted by Crippen LogP contribution is -2.52. The molecule has 0 aromatic carbocycles. The Morgan fingerprint density at radius 2 is 2.17 bits per heavy atom. The van der Waals surface area contributed by atoms with Gasteiger partial charge in [0.1, 0.15) is 0 Å². The van der Waals surface area contributed by atoms with E-state index in [0.717, 1.165) is 57.2 Å². The van der Waals surface area contributed by atoms with Crippen LogP contribution in [-0.4, -0.2) is 62.9 Å². The minimum Gasteiger partial charge on any atom is -0.381 e. The summed E-state index contributed by atoms with van der Waals surface area (Å²) in [5, 5.41) is 3.14. The summed E-state index contributed by atoms with van der Waals surface area (Å²) in [5.41, 5.74) is 0. The summed E-state index contributed by atoms with van der Waals surface area (Å²) in [7, 11) is 0. The molecule has 0 spiro atoms. The molecule has 2 aliphatic rings. The monoisotopic (exact) mass is 338 g/mol. The quantitative estimate of drug-likeness (QED) is 0.859. The van der Waals surface area contributed by atoms with Crippen molar-refractivity contribution in [2.45, 2.75) is 25.8 Å². The second-order valence-electron chi connectivity index (χ2n) is 6.17. The Kier molecular flexibility index (Phi) is 6.05. The SMILES string of the molecule is CCc1ccc(C(=O)NC[C@H]([C@@H]2CCOC2)N2CCOCC2)s1. The predicted octanol–water partition coefficient (Wildman–Crippen LogP) is 1.78. The first kappa shape index (κ1) is 16.9. The van der Waals surface area contributed by atoms with Crippen LogP contribution in [0.15, 0.2) is 12.1 Å². The van der Waals surface area contributed by atoms with Crippen LogP contribution < -0.4 is 5.32 Å². The van der Waals surface area contributed by atoms with E-state index in [-0.39, 0.29) is 5.91 Å². The van der Waals surface area contributed by atoms with Gasteiger partial charge in [0.15, 0.2) is 0 Å². The van der Waals surface area contributed by atoms with Crippen LogP contribution in [0, 0.1) is 5.92 Å². The number of hydrogen-bond donors (Lipinski definition) is 1. The maximum absolute atomic E-state index is 12.4. The molecule has 3 heterocycles. The Balaban J connectivity index is 1.59. The van der Waals surface area contributed by atoms with E-state index in [4.69, 9.17) is 9.47 Å². The summed E-state index contributed by atoms with van der Waals surface area (Å²) in [5.74, 6) is 0.551. The summed E-state index contributed by atoms with van der Waals surface area (Å²) >= 11 is 1.59. The number of carbonyl (C=O) groups is 1. The largest absolute Gasteiger partial charge is 0.381 e. The molecule has 2 fully saturated rings. The number of nitrogens with one attached hydrogen (secondary N) is 1. The summed E-state index contributed by atoms with van der Waals surface area (Å²) < 4.78 is 11.0. The fourth-order valence-corrected chi connectivity index (χ4v) is 4.20. The van der Waals surface area contributed by atoms with Crippen LogP contribution in [0.2, 0.25) is 0 Å². The van der Waals surface area contributed by atoms with Crippen LogP contribution in [0.5, 0.6) is 0 Å². The third-order valence-corrected chi connectivity index (χ3v) is 5.96. The van der Waals surface area contributed by atoms with Crippen molar-refractivity contribution in [3.63, 3.8) is 0 Å². The Labute approximate surface area is 142 Å². The van der Waals surface area contributed by atoms with Gasteiger partial charge in [0.25, 0.3) is 5.91 Å². The molecule has 1 N–H and O–H groups in total. The Morgan fingerprint density at radius 1 is 1.35 bits per heavy atom. The minimum absolute atomic E-state index is 0.0480. The highest BCUT2D eigenvalue weighted by molar-refractivity contribution is 7.14. The lowest BCUT2D eigenvalue weighted by Gasteiger charge is -2.37. The van der Waals surface area contributed by atoms with Gasteiger partial charge < -0.3 is 14.8 Å². The molecule has 2 atom stereocenters. The van der Waals surface area contributed by atoms with E-state index < -0.39 is 0 Å². The average Bonchev–Trinajstić information content (AvgIpc) is 3.27. The fourth-order valence-electron chi connectivity index (χ4n) is 3.33. The zero-order chi connectivity index (χ0) is 16.1. The molecule has 5 nitrogen and oxygen atoms in total. The number of hydrogen-bond acceptors (Lipinski definition) is 5. The third kappa shape index (κ3) is 4.32. The second kappa shape index (κ2) is 8.24. The Bertz CT molecular complexity index is 508. The van der Waals surface area contributed by atoms with E-state index in [1.54, 1.807) is 11.3 Å². The number of rotatable bonds is 6. The van der Waals surface area contributed by atoms with Crippen LogP contribution >= 0.6 is 11.3 Å². The number of carbonyl (C=O) groups excluding carboxylic acids is 1. The molecule has 23 heavy (non-hydrogen) atoms. The van der Waals surface area contributed by atoms with Gasteiger partial charge in [-0.2, -0.15) is 0 Å². The topological polar surface area (TPSA) is 50.8 Å². The van der Waals surface area contributed by atoms with Crippen LogP contribution in [0.1, 0.15) is 27.9 Å². The first-order chi connectivity index (χ1) is 11.3. The van der Waals surface area contributed by atoms with E-state index in [0.29, 0.717) is 18.5 Å². The summed E-state index contributed by atoms with van der Waals surface area (Å²) in [6.45, 7) is 7.88. The van der Waals surface area contributed by atoms with Crippen molar-refractivity contribution in [3.8, 4) is 0 Å². The zero-order valence-corrected chi connectivity index (χ0v) is 14.6. The van der Waals surface area contributed by atoms with Gasteiger partial charge in [0, 0.05) is 43.1 Å². The van der Waals surface area contributed by atoms with Gasteiger partial charge in [-0.25, -0.2) is 0 Å². The number of ether oxygens (including phenoxy) is 2. The molecule has 128 valence electrons. The molecule has 1 aromatic rings. The number of morpholine rings is 1. The van der Waals surface area contributed by atoms with Crippen LogP contribution in [-0.2, 0) is 15.9 Å². The lowest BCUT2D eigenvalue weighted by atomic mass is 9.97. The first-order valence-electron chi connectivity index (χ1n) is 8.54. The third-order valence-electron chi connectivity index (χ3n) is 4.73. The second-order valence-corrected chi connectivity index (χ2v) is 7.34. The van der Waals surface area contributed by atoms with Gasteiger partial charge >= 0.3 is 0 Å². The number of amides is 1. The van der Waals surface area contributed by atoms with Crippen LogP contribution in [0.4, 0.5) is 0 Å². The first-order valence-corrected chi connectivity index (χ1v) is 9.36. The van der Waals surface area contributed by atoms with Crippen molar-refractivity contribution in [1.29, 1.82) is 0 Å². The van der Waals surface area contributed by atoms with Crippen molar-refractivity contribution in [2.75, 3.05) is 46.1 Å². The van der Waals surface area contributed by atoms with Gasteiger partial charge in [-0.15, -0.1) is 11.3 Å². The number of thiophene rings is 1. The van der Waals surface area contributed by atoms with Crippen LogP contribution in [0.25, 0.3) is 0 Å². The molecule has 2 saturated heterocycles. The molecule has 0 bridgehead atoms. The smallest absolute Gasteiger partial charge is 0.261 e. The Morgan fingerprint density at radius 3 is 2.83 bits per heavy atom. The van der Waals surface area contributed by atoms with E-state index in [1.807, 2.05) is 12.1 Å². The average molecular weight is 338 g/mol. The lowest BCUT2D eigenvalue weighted by molar-refractivity contribution is 0.00167. The molecule has 6 heteroatoms. The molecule has 0 unspecified atom stereocenters. The Hall–Kier alpha value is -0.950. The van der Waals surface area contributed by atoms with Gasteiger partial charge in [-0.3, -0.25) is 9.69 Å². The molecular formula is C17H26N2O3S. The maximum atomic E-state index is 12.4. The molecule has 0 aliphatic carbocycles. The molecule has 0 saturated carbocycles. The zero-order valence-electron chi connectivity index (χ0n) is 13.8. The van der Waals surface area contributed by atoms with E-state index in [9.17, 15) is 4.79 Å². The van der Waals surface area contributed by atoms with E-state index in [2.05, 4.69) is 17.1 Å². The van der Waals surface area contributed by atoms with E-state index >= 15 is 0 Å². The van der Waals surface area contributed by atoms with Gasteiger partial charge in [0.05, 0.1) is 24.7 Å². The van der Waals surface area contributed by atoms with Crippen LogP contribution in [0.3, 0.4) is 0 Å². The van der Waals surface area contributed by atoms with Gasteiger partial charge in [-0.1, -0.05) is 6.92 Å². The minimum atomic E-state index is 0.0480. The molecule has 2 aliphatic heterocycles. The standard InChI is InChI=1S/C17H26N2O3S/c1-2-14-3-4-16(23-14)17(20)18-11-15(13-5-8-22-12-13)19-6-9-21-10-7-19/h3-4,13,15H,2,5-12H2,1H3,(H,18,20)/t13-,15-/m1/s1. The summed E-state index contributed by atoms with van der Waals surface area (Å²) in [6, 6.07) is 4.32. The molecule has 1 aromatic heterocycles. The van der Waals surface area contributed by atoms with Crippen molar-refractivity contribution < 1.29 is 14.3 Å². The molecular weight excluding hydrogens is 312 g/mol. The van der Waals surface area contributed by atoms with Crippen molar-refractivity contribution in [3.05, 3.63) is 21.9 Å². The highest BCUT2D eigenvalue weighted by Crippen LogP contribution is 2.22. The number of aryl methyl sites for hydroxylation is 1. The summed E-state index contributed by atoms with van der Waals surface area (Å²) in [6.07, 6.45) is 2.06. The fraction of sp³-hybridized carbons (Fsp3) is 0.706. The highest BCUT2D eigenvalue weighted by atomic mass is 32.1. The predicted molar refractivity (Wildman–Crippen MR) is 91.1 cm³/mol. The van der Waals surface area contributed by atoms with Crippen molar-refractivity contribution in [2.24, 2.45) is 5.92 Å². The maximum Gasteiger partial charge on any atom is 0.261 e. The van der Waals surface area contributed by atoms with Crippen molar-refractivity contribution >= 4 is 17.2 Å². The molecule has 1 amide bonds.